The van der Waals surface area contributed by atoms with Crippen molar-refractivity contribution in [1.29, 1.82) is 0 Å². The highest BCUT2D eigenvalue weighted by Crippen LogP contribution is 2.20. The second-order valence-electron chi connectivity index (χ2n) is 7.80. The van der Waals surface area contributed by atoms with E-state index in [4.69, 9.17) is 0 Å². The van der Waals surface area contributed by atoms with Gasteiger partial charge in [0.1, 0.15) is 0 Å². The fourth-order valence-electron chi connectivity index (χ4n) is 3.83. The number of rotatable bonds is 9. The number of amides is 3. The van der Waals surface area contributed by atoms with Gasteiger partial charge >= 0.3 is 6.03 Å². The van der Waals surface area contributed by atoms with E-state index >= 15 is 0 Å². The molecule has 0 bridgehead atoms. The van der Waals surface area contributed by atoms with Crippen molar-refractivity contribution in [2.24, 2.45) is 11.8 Å². The van der Waals surface area contributed by atoms with Crippen molar-refractivity contribution in [2.75, 3.05) is 38.0 Å². The van der Waals surface area contributed by atoms with Gasteiger partial charge in [0.25, 0.3) is 0 Å². The van der Waals surface area contributed by atoms with Crippen LogP contribution in [0.1, 0.15) is 47.0 Å². The van der Waals surface area contributed by atoms with Crippen LogP contribution in [0.15, 0.2) is 11.6 Å². The molecule has 8 heteroatoms. The van der Waals surface area contributed by atoms with Gasteiger partial charge in [-0.1, -0.05) is 27.7 Å². The molecule has 1 saturated heterocycles. The third kappa shape index (κ3) is 6.74. The van der Waals surface area contributed by atoms with Gasteiger partial charge in [0.05, 0.1) is 5.92 Å². The third-order valence-corrected chi connectivity index (χ3v) is 5.99. The van der Waals surface area contributed by atoms with E-state index in [2.05, 4.69) is 48.2 Å². The van der Waals surface area contributed by atoms with Crippen LogP contribution in [0.25, 0.3) is 0 Å². The summed E-state index contributed by atoms with van der Waals surface area (Å²) in [4.78, 5) is 33.5. The van der Waals surface area contributed by atoms with Crippen molar-refractivity contribution in [3.63, 3.8) is 0 Å². The van der Waals surface area contributed by atoms with Crippen LogP contribution in [0.4, 0.5) is 9.93 Å². The first kappa shape index (κ1) is 22.6. The van der Waals surface area contributed by atoms with Crippen LogP contribution >= 0.6 is 11.3 Å². The average Bonchev–Trinajstić information content (AvgIpc) is 3.19. The number of nitrogens with one attached hydrogen (secondary N) is 2. The lowest BCUT2D eigenvalue weighted by Gasteiger charge is -2.34. The Morgan fingerprint density at radius 1 is 1.36 bits per heavy atom. The standard InChI is InChI=1S/C20H35N5O2S/c1-5-24(6-2)17(12-15(3)4)13-22-20(27)25-10-7-8-16(14-25)18(26)23-19-21-9-11-28-19/h9,11,15-17H,5-8,10,12-14H2,1-4H3,(H,22,27)(H,21,23,26). The zero-order valence-corrected chi connectivity index (χ0v) is 18.4. The van der Waals surface area contributed by atoms with Crippen molar-refractivity contribution >= 4 is 28.4 Å². The number of hydrogen-bond donors (Lipinski definition) is 2. The van der Waals surface area contributed by atoms with Crippen molar-refractivity contribution in [2.45, 2.75) is 53.0 Å². The van der Waals surface area contributed by atoms with E-state index in [1.54, 1.807) is 11.1 Å². The van der Waals surface area contributed by atoms with Crippen molar-refractivity contribution in [3.05, 3.63) is 11.6 Å². The number of carbonyl (C=O) groups excluding carboxylic acids is 2. The monoisotopic (exact) mass is 409 g/mol. The van der Waals surface area contributed by atoms with Gasteiger partial charge in [-0.25, -0.2) is 9.78 Å². The summed E-state index contributed by atoms with van der Waals surface area (Å²) in [5.41, 5.74) is 0. The number of urea groups is 1. The van der Waals surface area contributed by atoms with Crippen LogP contribution < -0.4 is 10.6 Å². The van der Waals surface area contributed by atoms with Crippen LogP contribution in [0.2, 0.25) is 0 Å². The maximum atomic E-state index is 12.7. The first-order valence-electron chi connectivity index (χ1n) is 10.4. The Hall–Kier alpha value is -1.67. The second-order valence-corrected chi connectivity index (χ2v) is 8.70. The van der Waals surface area contributed by atoms with E-state index in [1.165, 1.54) is 11.3 Å². The Kier molecular flexibility index (Phi) is 9.18. The molecule has 2 rings (SSSR count). The maximum absolute atomic E-state index is 12.7. The summed E-state index contributed by atoms with van der Waals surface area (Å²) in [6, 6.07) is 0.278. The van der Waals surface area contributed by atoms with E-state index in [0.717, 1.165) is 32.4 Å². The number of thiazole rings is 1. The lowest BCUT2D eigenvalue weighted by atomic mass is 9.97. The molecule has 0 aliphatic carbocycles. The quantitative estimate of drug-likeness (QED) is 0.656. The SMILES string of the molecule is CCN(CC)C(CNC(=O)N1CCCC(C(=O)Nc2nccs2)C1)CC(C)C. The minimum Gasteiger partial charge on any atom is -0.336 e. The molecule has 1 fully saturated rings. The fourth-order valence-corrected chi connectivity index (χ4v) is 4.36. The Morgan fingerprint density at radius 3 is 2.71 bits per heavy atom. The summed E-state index contributed by atoms with van der Waals surface area (Å²) < 4.78 is 0. The van der Waals surface area contributed by atoms with Crippen molar-refractivity contribution in [1.82, 2.24) is 20.1 Å². The normalized spacial score (nSPS) is 18.4. The van der Waals surface area contributed by atoms with Crippen LogP contribution in [-0.4, -0.2) is 65.5 Å². The number of nitrogens with zero attached hydrogens (tertiary/aromatic N) is 3. The molecule has 0 aromatic carbocycles. The number of anilines is 1. The number of carbonyl (C=O) groups is 2. The zero-order chi connectivity index (χ0) is 20.5. The predicted octanol–water partition coefficient (Wildman–Crippen LogP) is 3.26. The van der Waals surface area contributed by atoms with Gasteiger partial charge < -0.3 is 15.5 Å². The largest absolute Gasteiger partial charge is 0.336 e. The van der Waals surface area contributed by atoms with Gasteiger partial charge in [-0.3, -0.25) is 9.69 Å². The first-order chi connectivity index (χ1) is 13.4. The van der Waals surface area contributed by atoms with Gasteiger partial charge in [0.2, 0.25) is 5.91 Å². The Balaban J connectivity index is 1.87. The Bertz CT molecular complexity index is 604. The molecule has 1 aromatic rings. The van der Waals surface area contributed by atoms with Gasteiger partial charge in [-0.2, -0.15) is 0 Å². The second kappa shape index (κ2) is 11.4. The van der Waals surface area contributed by atoms with Crippen LogP contribution in [0.3, 0.4) is 0 Å². The summed E-state index contributed by atoms with van der Waals surface area (Å²) in [5.74, 6) is 0.349. The molecule has 28 heavy (non-hydrogen) atoms. The summed E-state index contributed by atoms with van der Waals surface area (Å²) in [6.07, 6.45) is 4.37. The minimum absolute atomic E-state index is 0.0479. The molecule has 1 aliphatic rings. The lowest BCUT2D eigenvalue weighted by molar-refractivity contribution is -0.121. The molecule has 0 saturated carbocycles. The summed E-state index contributed by atoms with van der Waals surface area (Å²) in [7, 11) is 0. The fraction of sp³-hybridized carbons (Fsp3) is 0.750. The van der Waals surface area contributed by atoms with Crippen molar-refractivity contribution < 1.29 is 9.59 Å². The Morgan fingerprint density at radius 2 is 2.11 bits per heavy atom. The number of piperidine rings is 1. The van der Waals surface area contributed by atoms with Gasteiger partial charge in [-0.15, -0.1) is 11.3 Å². The van der Waals surface area contributed by atoms with Gasteiger partial charge in [0, 0.05) is 37.3 Å². The molecule has 3 amide bonds. The Labute approximate surface area is 172 Å². The summed E-state index contributed by atoms with van der Waals surface area (Å²) >= 11 is 1.40. The van der Waals surface area contributed by atoms with E-state index < -0.39 is 0 Å². The van der Waals surface area contributed by atoms with E-state index in [1.807, 2.05) is 5.38 Å². The molecule has 0 radical (unpaired) electrons. The highest BCUT2D eigenvalue weighted by Gasteiger charge is 2.29. The average molecular weight is 410 g/mol. The zero-order valence-electron chi connectivity index (χ0n) is 17.6. The molecule has 2 atom stereocenters. The topological polar surface area (TPSA) is 77.6 Å². The highest BCUT2D eigenvalue weighted by molar-refractivity contribution is 7.13. The number of likely N-dealkylation sites (tertiary alicyclic amines) is 1. The molecule has 7 nitrogen and oxygen atoms in total. The predicted molar refractivity (Wildman–Crippen MR) is 115 cm³/mol. The lowest BCUT2D eigenvalue weighted by Crippen LogP contribution is -2.51. The molecule has 2 N–H and O–H groups in total. The van der Waals surface area contributed by atoms with E-state index in [-0.39, 0.29) is 17.9 Å². The van der Waals surface area contributed by atoms with Crippen LogP contribution in [0, 0.1) is 11.8 Å². The van der Waals surface area contributed by atoms with Gasteiger partial charge in [0.15, 0.2) is 5.13 Å². The molecular weight excluding hydrogens is 374 g/mol. The van der Waals surface area contributed by atoms with E-state index in [0.29, 0.717) is 36.7 Å². The number of likely N-dealkylation sites (N-methyl/N-ethyl adjacent to an activating group) is 1. The molecule has 2 unspecified atom stereocenters. The first-order valence-corrected chi connectivity index (χ1v) is 11.3. The highest BCUT2D eigenvalue weighted by atomic mass is 32.1. The molecule has 0 spiro atoms. The molecule has 158 valence electrons. The molecule has 1 aliphatic heterocycles. The third-order valence-electron chi connectivity index (χ3n) is 5.30. The minimum atomic E-state index is -0.183. The molecule has 2 heterocycles. The smallest absolute Gasteiger partial charge is 0.317 e. The van der Waals surface area contributed by atoms with E-state index in [9.17, 15) is 9.59 Å². The molecule has 1 aromatic heterocycles. The van der Waals surface area contributed by atoms with Crippen LogP contribution in [-0.2, 0) is 4.79 Å². The molecular formula is C20H35N5O2S. The van der Waals surface area contributed by atoms with Crippen molar-refractivity contribution in [3.8, 4) is 0 Å². The summed E-state index contributed by atoms with van der Waals surface area (Å²) in [5, 5.41) is 8.42. The van der Waals surface area contributed by atoms with Gasteiger partial charge in [-0.05, 0) is 38.3 Å². The number of hydrogen-bond acceptors (Lipinski definition) is 5. The summed E-state index contributed by atoms with van der Waals surface area (Å²) in [6.45, 7) is 12.5. The van der Waals surface area contributed by atoms with Crippen LogP contribution in [0.5, 0.6) is 0 Å². The number of aromatic nitrogens is 1. The maximum Gasteiger partial charge on any atom is 0.317 e.